The average Bonchev–Trinajstić information content (AvgIpc) is 3.48. The number of carbonyl (C=O) groups is 3. The lowest BCUT2D eigenvalue weighted by atomic mass is 9.81. The van der Waals surface area contributed by atoms with Crippen LogP contribution in [-0.4, -0.2) is 73.9 Å². The molecule has 13 heteroatoms. The fraction of sp³-hybridized carbons (Fsp3) is 0.432. The molecule has 0 fully saturated rings. The van der Waals surface area contributed by atoms with Gasteiger partial charge in [-0.1, -0.05) is 65.8 Å². The van der Waals surface area contributed by atoms with Crippen molar-refractivity contribution in [3.05, 3.63) is 89.3 Å². The normalized spacial score (nSPS) is 17.7. The first-order chi connectivity index (χ1) is 23.3. The van der Waals surface area contributed by atoms with E-state index in [1.807, 2.05) is 88.5 Å². The highest BCUT2D eigenvalue weighted by atomic mass is 16.5. The number of rotatable bonds is 9. The van der Waals surface area contributed by atoms with E-state index in [1.54, 1.807) is 30.4 Å². The molecule has 264 valence electrons. The predicted molar refractivity (Wildman–Crippen MR) is 191 cm³/mol. The Bertz CT molecular complexity index is 1950. The number of fused-ring (bicyclic) bond motifs is 2. The van der Waals surface area contributed by atoms with Crippen LogP contribution >= 0.6 is 0 Å². The topological polar surface area (TPSA) is 156 Å². The SMILES string of the molecule is CN(C)C(C)(C)CNC(=O)c1nc(NC(=O)N[C@@]2(C=O)C=C[C@@H](Oc3ccc4nnc(C(C)(C)C)n4c3)c3ccccc32)cc(C(C)(C)C)n1. The number of likely N-dealkylation sites (N-methyl/N-ethyl adjacent to an activating group) is 1. The molecule has 0 aliphatic heterocycles. The van der Waals surface area contributed by atoms with Gasteiger partial charge in [-0.3, -0.25) is 19.3 Å². The Morgan fingerprint density at radius 3 is 2.36 bits per heavy atom. The molecule has 1 aliphatic carbocycles. The molecule has 0 bridgehead atoms. The van der Waals surface area contributed by atoms with Crippen molar-refractivity contribution < 1.29 is 19.1 Å². The van der Waals surface area contributed by atoms with Gasteiger partial charge in [0.2, 0.25) is 5.82 Å². The zero-order chi connectivity index (χ0) is 36.6. The third-order valence-electron chi connectivity index (χ3n) is 8.89. The van der Waals surface area contributed by atoms with Gasteiger partial charge in [-0.15, -0.1) is 10.2 Å². The Hall–Kier alpha value is -5.17. The lowest BCUT2D eigenvalue weighted by molar-refractivity contribution is -0.111. The second-order valence-corrected chi connectivity index (χ2v) is 15.5. The number of ether oxygens (including phenoxy) is 1. The van der Waals surface area contributed by atoms with Crippen LogP contribution in [0.2, 0.25) is 0 Å². The molecule has 0 spiro atoms. The zero-order valence-electron chi connectivity index (χ0n) is 30.5. The standard InChI is InChI=1S/C37H47N9O4/c1-34(2,3)27-19-28(40-30(39-27)31(48)38-21-36(7,8)45(9)10)41-33(49)42-37(22-47)18-17-26(24-13-11-12-14-25(24)37)50-23-15-16-29-43-44-32(35(4,5)6)46(29)20-23/h11-20,22,26H,21H2,1-10H3,(H,38,48)(H2,39,40,41,42,49)/t26-,37-/m1/s1. The highest BCUT2D eigenvalue weighted by Gasteiger charge is 2.38. The minimum absolute atomic E-state index is 0.0745. The maximum Gasteiger partial charge on any atom is 0.321 e. The predicted octanol–water partition coefficient (Wildman–Crippen LogP) is 5.09. The lowest BCUT2D eigenvalue weighted by Crippen LogP contribution is -2.49. The molecule has 0 saturated carbocycles. The summed E-state index contributed by atoms with van der Waals surface area (Å²) in [6.07, 6.45) is 5.35. The number of benzene rings is 1. The summed E-state index contributed by atoms with van der Waals surface area (Å²) in [6, 6.07) is 11.9. The molecule has 3 N–H and O–H groups in total. The molecule has 0 unspecified atom stereocenters. The molecule has 3 aromatic heterocycles. The maximum absolute atomic E-state index is 13.6. The molecule has 5 rings (SSSR count). The number of urea groups is 1. The molecule has 1 aromatic carbocycles. The van der Waals surface area contributed by atoms with Gasteiger partial charge in [0.25, 0.3) is 5.91 Å². The highest BCUT2D eigenvalue weighted by molar-refractivity contribution is 5.94. The number of hydrogen-bond donors (Lipinski definition) is 3. The van der Waals surface area contributed by atoms with Crippen molar-refractivity contribution in [3.8, 4) is 5.75 Å². The van der Waals surface area contributed by atoms with Gasteiger partial charge in [-0.25, -0.2) is 14.8 Å². The van der Waals surface area contributed by atoms with Gasteiger partial charge in [0.15, 0.2) is 11.9 Å². The van der Waals surface area contributed by atoms with Crippen molar-refractivity contribution in [2.24, 2.45) is 0 Å². The average molecular weight is 682 g/mol. The van der Waals surface area contributed by atoms with E-state index in [0.717, 1.165) is 5.82 Å². The summed E-state index contributed by atoms with van der Waals surface area (Å²) >= 11 is 0. The van der Waals surface area contributed by atoms with E-state index in [2.05, 4.69) is 56.9 Å². The molecule has 3 heterocycles. The second-order valence-electron chi connectivity index (χ2n) is 15.5. The summed E-state index contributed by atoms with van der Waals surface area (Å²) in [5, 5.41) is 17.1. The molecule has 2 atom stereocenters. The number of anilines is 1. The zero-order valence-corrected chi connectivity index (χ0v) is 30.5. The minimum atomic E-state index is -1.50. The molecule has 50 heavy (non-hydrogen) atoms. The molecule has 0 saturated heterocycles. The van der Waals surface area contributed by atoms with E-state index in [9.17, 15) is 14.4 Å². The number of carbonyl (C=O) groups excluding carboxylic acids is 3. The summed E-state index contributed by atoms with van der Waals surface area (Å²) in [4.78, 5) is 50.5. The van der Waals surface area contributed by atoms with Crippen LogP contribution < -0.4 is 20.7 Å². The van der Waals surface area contributed by atoms with Crippen LogP contribution in [0.4, 0.5) is 10.6 Å². The summed E-state index contributed by atoms with van der Waals surface area (Å²) in [5.41, 5.74) is 0.0297. The van der Waals surface area contributed by atoms with Crippen LogP contribution in [0, 0.1) is 0 Å². The smallest absolute Gasteiger partial charge is 0.321 e. The van der Waals surface area contributed by atoms with Crippen LogP contribution in [0.25, 0.3) is 5.65 Å². The van der Waals surface area contributed by atoms with Crippen LogP contribution in [0.1, 0.15) is 94.8 Å². The summed E-state index contributed by atoms with van der Waals surface area (Å²) in [7, 11) is 3.87. The number of hydrogen-bond acceptors (Lipinski definition) is 9. The Labute approximate surface area is 292 Å². The summed E-state index contributed by atoms with van der Waals surface area (Å²) < 4.78 is 8.34. The number of pyridine rings is 1. The van der Waals surface area contributed by atoms with E-state index < -0.39 is 29.0 Å². The Balaban J connectivity index is 1.39. The molecular formula is C37H47N9O4. The van der Waals surface area contributed by atoms with Crippen molar-refractivity contribution in [1.29, 1.82) is 0 Å². The first kappa shape index (κ1) is 36.1. The number of amides is 3. The van der Waals surface area contributed by atoms with Crippen molar-refractivity contribution in [2.45, 2.75) is 83.4 Å². The van der Waals surface area contributed by atoms with Crippen LogP contribution in [0.5, 0.6) is 5.75 Å². The number of nitrogens with zero attached hydrogens (tertiary/aromatic N) is 6. The first-order valence-electron chi connectivity index (χ1n) is 16.5. The first-order valence-corrected chi connectivity index (χ1v) is 16.5. The molecule has 1 aliphatic rings. The largest absolute Gasteiger partial charge is 0.480 e. The highest BCUT2D eigenvalue weighted by Crippen LogP contribution is 2.37. The third kappa shape index (κ3) is 7.52. The van der Waals surface area contributed by atoms with E-state index in [0.29, 0.717) is 41.0 Å². The molecule has 0 radical (unpaired) electrons. The van der Waals surface area contributed by atoms with Crippen LogP contribution in [0.15, 0.2) is 60.8 Å². The van der Waals surface area contributed by atoms with Crippen LogP contribution in [0.3, 0.4) is 0 Å². The number of nitrogens with one attached hydrogen (secondary N) is 3. The number of aldehydes is 1. The fourth-order valence-electron chi connectivity index (χ4n) is 5.36. The Kier molecular flexibility index (Phi) is 9.59. The van der Waals surface area contributed by atoms with E-state index in [-0.39, 0.29) is 22.6 Å². The fourth-order valence-corrected chi connectivity index (χ4v) is 5.36. The minimum Gasteiger partial charge on any atom is -0.480 e. The molecule has 3 amide bonds. The van der Waals surface area contributed by atoms with Gasteiger partial charge in [-0.05, 0) is 57.8 Å². The lowest BCUT2D eigenvalue weighted by Gasteiger charge is -2.34. The van der Waals surface area contributed by atoms with Crippen molar-refractivity contribution in [2.75, 3.05) is 26.0 Å². The third-order valence-corrected chi connectivity index (χ3v) is 8.89. The molecular weight excluding hydrogens is 634 g/mol. The van der Waals surface area contributed by atoms with Gasteiger partial charge < -0.3 is 20.3 Å². The quantitative estimate of drug-likeness (QED) is 0.162. The van der Waals surface area contributed by atoms with Gasteiger partial charge in [0, 0.05) is 34.5 Å². The van der Waals surface area contributed by atoms with Gasteiger partial charge in [0.1, 0.15) is 29.0 Å². The molecule has 4 aromatic rings. The molecule has 13 nitrogen and oxygen atoms in total. The van der Waals surface area contributed by atoms with E-state index in [1.165, 1.54) is 0 Å². The summed E-state index contributed by atoms with van der Waals surface area (Å²) in [5.74, 6) is 0.961. The summed E-state index contributed by atoms with van der Waals surface area (Å²) in [6.45, 7) is 16.4. The maximum atomic E-state index is 13.6. The van der Waals surface area contributed by atoms with Crippen LogP contribution in [-0.2, 0) is 21.2 Å². The van der Waals surface area contributed by atoms with E-state index in [4.69, 9.17) is 4.74 Å². The van der Waals surface area contributed by atoms with Crippen molar-refractivity contribution in [1.82, 2.24) is 40.1 Å². The van der Waals surface area contributed by atoms with Gasteiger partial charge in [0.05, 0.1) is 11.9 Å². The van der Waals surface area contributed by atoms with Gasteiger partial charge in [-0.2, -0.15) is 0 Å². The monoisotopic (exact) mass is 681 g/mol. The Morgan fingerprint density at radius 1 is 0.980 bits per heavy atom. The van der Waals surface area contributed by atoms with Gasteiger partial charge >= 0.3 is 6.03 Å². The second kappa shape index (κ2) is 13.3. The van der Waals surface area contributed by atoms with E-state index >= 15 is 0 Å². The van der Waals surface area contributed by atoms with Crippen molar-refractivity contribution >= 4 is 29.7 Å². The Morgan fingerprint density at radius 2 is 1.70 bits per heavy atom. The van der Waals surface area contributed by atoms with Crippen molar-refractivity contribution in [3.63, 3.8) is 0 Å². The number of aromatic nitrogens is 5.